The number of carbonyl (C=O) groups is 1. The number of ether oxygens (including phenoxy) is 1. The first-order valence-corrected chi connectivity index (χ1v) is 5.72. The zero-order valence-corrected chi connectivity index (χ0v) is 10.4. The summed E-state index contributed by atoms with van der Waals surface area (Å²) in [6.45, 7) is 1.93. The summed E-state index contributed by atoms with van der Waals surface area (Å²) in [5, 5.41) is 9.11. The third-order valence-corrected chi connectivity index (χ3v) is 2.79. The number of benzene rings is 2. The number of hydrogen-bond acceptors (Lipinski definition) is 2. The molecular formula is C14H11ClO3. The predicted molar refractivity (Wildman–Crippen MR) is 69.7 cm³/mol. The maximum atomic E-state index is 10.8. The van der Waals surface area contributed by atoms with Crippen molar-refractivity contribution in [3.8, 4) is 11.5 Å². The molecule has 0 atom stereocenters. The van der Waals surface area contributed by atoms with Gasteiger partial charge in [0.2, 0.25) is 0 Å². The minimum Gasteiger partial charge on any atom is -0.478 e. The van der Waals surface area contributed by atoms with Crippen LogP contribution >= 0.6 is 11.6 Å². The molecule has 1 N–H and O–H groups in total. The van der Waals surface area contributed by atoms with Crippen molar-refractivity contribution in [3.05, 3.63) is 58.6 Å². The van der Waals surface area contributed by atoms with Crippen molar-refractivity contribution in [1.29, 1.82) is 0 Å². The van der Waals surface area contributed by atoms with Gasteiger partial charge in [-0.1, -0.05) is 29.8 Å². The van der Waals surface area contributed by atoms with Gasteiger partial charge >= 0.3 is 5.97 Å². The molecule has 0 aliphatic rings. The van der Waals surface area contributed by atoms with Gasteiger partial charge < -0.3 is 9.84 Å². The Hall–Kier alpha value is -2.00. The number of hydrogen-bond donors (Lipinski definition) is 1. The monoisotopic (exact) mass is 262 g/mol. The van der Waals surface area contributed by atoms with Gasteiger partial charge in [0, 0.05) is 0 Å². The Bertz CT molecular complexity index is 593. The molecule has 0 radical (unpaired) electrons. The van der Waals surface area contributed by atoms with E-state index in [0.717, 1.165) is 5.56 Å². The number of aromatic carboxylic acids is 1. The van der Waals surface area contributed by atoms with Crippen molar-refractivity contribution >= 4 is 17.6 Å². The molecule has 92 valence electrons. The normalized spacial score (nSPS) is 10.1. The van der Waals surface area contributed by atoms with E-state index in [2.05, 4.69) is 0 Å². The largest absolute Gasteiger partial charge is 0.478 e. The number of para-hydroxylation sites is 1. The zero-order chi connectivity index (χ0) is 13.1. The fourth-order valence-corrected chi connectivity index (χ4v) is 1.73. The zero-order valence-electron chi connectivity index (χ0n) is 9.68. The van der Waals surface area contributed by atoms with Crippen molar-refractivity contribution < 1.29 is 14.6 Å². The van der Waals surface area contributed by atoms with Gasteiger partial charge in [-0.25, -0.2) is 4.79 Å². The van der Waals surface area contributed by atoms with Crippen molar-refractivity contribution in [3.63, 3.8) is 0 Å². The molecule has 2 rings (SSSR count). The lowest BCUT2D eigenvalue weighted by molar-refractivity contribution is 0.0697. The van der Waals surface area contributed by atoms with Gasteiger partial charge in [-0.3, -0.25) is 0 Å². The molecule has 0 aliphatic carbocycles. The highest BCUT2D eigenvalue weighted by atomic mass is 35.5. The van der Waals surface area contributed by atoms with E-state index in [1.807, 2.05) is 31.2 Å². The highest BCUT2D eigenvalue weighted by Gasteiger charge is 2.09. The Labute approximate surface area is 110 Å². The van der Waals surface area contributed by atoms with Gasteiger partial charge in [-0.05, 0) is 36.8 Å². The SMILES string of the molecule is Cc1ccccc1Oc1ccc(C(=O)O)cc1Cl. The lowest BCUT2D eigenvalue weighted by atomic mass is 10.2. The second-order valence-electron chi connectivity index (χ2n) is 3.82. The van der Waals surface area contributed by atoms with Crippen LogP contribution in [0, 0.1) is 6.92 Å². The van der Waals surface area contributed by atoms with E-state index in [1.54, 1.807) is 6.07 Å². The molecular weight excluding hydrogens is 252 g/mol. The molecule has 2 aromatic carbocycles. The highest BCUT2D eigenvalue weighted by Crippen LogP contribution is 2.31. The minimum absolute atomic E-state index is 0.136. The predicted octanol–water partition coefficient (Wildman–Crippen LogP) is 4.14. The van der Waals surface area contributed by atoms with Gasteiger partial charge in [-0.15, -0.1) is 0 Å². The summed E-state index contributed by atoms with van der Waals surface area (Å²) >= 11 is 5.99. The van der Waals surface area contributed by atoms with Crippen LogP contribution in [0.1, 0.15) is 15.9 Å². The Morgan fingerprint density at radius 2 is 1.89 bits per heavy atom. The van der Waals surface area contributed by atoms with Crippen LogP contribution in [0.5, 0.6) is 11.5 Å². The van der Waals surface area contributed by atoms with Crippen LogP contribution in [-0.2, 0) is 0 Å². The summed E-state index contributed by atoms with van der Waals surface area (Å²) in [5.41, 5.74) is 1.12. The van der Waals surface area contributed by atoms with Crippen LogP contribution in [0.25, 0.3) is 0 Å². The van der Waals surface area contributed by atoms with E-state index in [1.165, 1.54) is 12.1 Å². The molecule has 0 fully saturated rings. The molecule has 0 amide bonds. The molecule has 0 heterocycles. The Balaban J connectivity index is 2.30. The maximum Gasteiger partial charge on any atom is 0.335 e. The van der Waals surface area contributed by atoms with E-state index in [-0.39, 0.29) is 10.6 Å². The summed E-state index contributed by atoms with van der Waals surface area (Å²) in [6.07, 6.45) is 0. The first-order chi connectivity index (χ1) is 8.58. The molecule has 3 nitrogen and oxygen atoms in total. The molecule has 4 heteroatoms. The Kier molecular flexibility index (Phi) is 3.53. The second-order valence-corrected chi connectivity index (χ2v) is 4.23. The number of carboxylic acid groups (broad SMARTS) is 1. The molecule has 0 aromatic heterocycles. The van der Waals surface area contributed by atoms with Crippen molar-refractivity contribution in [2.24, 2.45) is 0 Å². The number of carboxylic acids is 1. The number of rotatable bonds is 3. The summed E-state index contributed by atoms with van der Waals surface area (Å²) in [4.78, 5) is 10.8. The van der Waals surface area contributed by atoms with Crippen molar-refractivity contribution in [2.75, 3.05) is 0 Å². The van der Waals surface area contributed by atoms with E-state index < -0.39 is 5.97 Å². The van der Waals surface area contributed by atoms with Gasteiger partial charge in [0.15, 0.2) is 0 Å². The fourth-order valence-electron chi connectivity index (χ4n) is 1.51. The van der Waals surface area contributed by atoms with Gasteiger partial charge in [-0.2, -0.15) is 0 Å². The van der Waals surface area contributed by atoms with Crippen LogP contribution in [0.2, 0.25) is 5.02 Å². The topological polar surface area (TPSA) is 46.5 Å². The lowest BCUT2D eigenvalue weighted by Gasteiger charge is -2.10. The third-order valence-electron chi connectivity index (χ3n) is 2.49. The standard InChI is InChI=1S/C14H11ClO3/c1-9-4-2-3-5-12(9)18-13-7-6-10(14(16)17)8-11(13)15/h2-8H,1H3,(H,16,17). The average Bonchev–Trinajstić information content (AvgIpc) is 2.34. The quantitative estimate of drug-likeness (QED) is 0.904. The van der Waals surface area contributed by atoms with E-state index in [4.69, 9.17) is 21.4 Å². The first kappa shape index (κ1) is 12.5. The average molecular weight is 263 g/mol. The molecule has 0 bridgehead atoms. The third kappa shape index (κ3) is 2.63. The molecule has 0 saturated heterocycles. The highest BCUT2D eigenvalue weighted by molar-refractivity contribution is 6.32. The first-order valence-electron chi connectivity index (χ1n) is 5.34. The summed E-state index contributed by atoms with van der Waals surface area (Å²) in [6, 6.07) is 11.9. The van der Waals surface area contributed by atoms with E-state index in [9.17, 15) is 4.79 Å². The molecule has 0 aliphatic heterocycles. The van der Waals surface area contributed by atoms with Crippen LogP contribution in [0.4, 0.5) is 0 Å². The minimum atomic E-state index is -1.01. The van der Waals surface area contributed by atoms with Crippen LogP contribution in [0.3, 0.4) is 0 Å². The van der Waals surface area contributed by atoms with E-state index >= 15 is 0 Å². The molecule has 0 unspecified atom stereocenters. The molecule has 0 spiro atoms. The van der Waals surface area contributed by atoms with Crippen LogP contribution in [-0.4, -0.2) is 11.1 Å². The van der Waals surface area contributed by atoms with Crippen molar-refractivity contribution in [1.82, 2.24) is 0 Å². The maximum absolute atomic E-state index is 10.8. The number of halogens is 1. The van der Waals surface area contributed by atoms with Crippen LogP contribution < -0.4 is 4.74 Å². The summed E-state index contributed by atoms with van der Waals surface area (Å²) < 4.78 is 5.65. The lowest BCUT2D eigenvalue weighted by Crippen LogP contribution is -1.96. The smallest absolute Gasteiger partial charge is 0.335 e. The summed E-state index contributed by atoms with van der Waals surface area (Å²) in [5.74, 6) is 0.123. The second kappa shape index (κ2) is 5.10. The van der Waals surface area contributed by atoms with Gasteiger partial charge in [0.1, 0.15) is 11.5 Å². The van der Waals surface area contributed by atoms with Gasteiger partial charge in [0.05, 0.1) is 10.6 Å². The van der Waals surface area contributed by atoms with E-state index in [0.29, 0.717) is 11.5 Å². The molecule has 2 aromatic rings. The molecule has 18 heavy (non-hydrogen) atoms. The Morgan fingerprint density at radius 1 is 1.17 bits per heavy atom. The van der Waals surface area contributed by atoms with Crippen molar-refractivity contribution in [2.45, 2.75) is 6.92 Å². The summed E-state index contributed by atoms with van der Waals surface area (Å²) in [7, 11) is 0. The van der Waals surface area contributed by atoms with Gasteiger partial charge in [0.25, 0.3) is 0 Å². The van der Waals surface area contributed by atoms with Crippen LogP contribution in [0.15, 0.2) is 42.5 Å². The Morgan fingerprint density at radius 3 is 2.50 bits per heavy atom. The fraction of sp³-hybridized carbons (Fsp3) is 0.0714. The number of aryl methyl sites for hydroxylation is 1. The molecule has 0 saturated carbocycles.